The molecule has 0 saturated heterocycles. The van der Waals surface area contributed by atoms with Crippen molar-refractivity contribution < 1.29 is 19.4 Å². The lowest BCUT2D eigenvalue weighted by Gasteiger charge is -2.24. The standard InChI is InChI=1S/C32H28N4O5S/c1-4-17-41-25-14-11-21(12-15-25)29-28(31(39)40-5-2)20(3)33-32-36(29)30(38)27(42-32)19-22-18-24(13-16-26(22)37)35-34-23-9-7-6-8-10-23/h4,6-16,18-19,29,37H,1,5,17H2,2-3H3/b27-19-,35-34?/t29-/m1/s1. The Labute approximate surface area is 245 Å². The summed E-state index contributed by atoms with van der Waals surface area (Å²) < 4.78 is 12.8. The average Bonchev–Trinajstić information content (AvgIpc) is 3.30. The molecule has 1 aromatic heterocycles. The van der Waals surface area contributed by atoms with Crippen LogP contribution in [0.15, 0.2) is 117 Å². The molecule has 0 fully saturated rings. The van der Waals surface area contributed by atoms with Crippen LogP contribution in [0.2, 0.25) is 0 Å². The summed E-state index contributed by atoms with van der Waals surface area (Å²) in [5, 5.41) is 19.1. The number of phenolic OH excluding ortho intramolecular Hbond substituents is 1. The monoisotopic (exact) mass is 580 g/mol. The van der Waals surface area contributed by atoms with Gasteiger partial charge in [-0.2, -0.15) is 10.2 Å². The number of aromatic nitrogens is 1. The van der Waals surface area contributed by atoms with Gasteiger partial charge in [0.15, 0.2) is 4.80 Å². The first-order valence-corrected chi connectivity index (χ1v) is 14.0. The van der Waals surface area contributed by atoms with Crippen molar-refractivity contribution in [2.75, 3.05) is 13.2 Å². The molecule has 1 aliphatic heterocycles. The molecule has 1 atom stereocenters. The third-order valence-corrected chi connectivity index (χ3v) is 7.40. The Balaban J connectivity index is 1.60. The number of nitrogens with zero attached hydrogens (tertiary/aromatic N) is 4. The number of carbonyl (C=O) groups is 1. The summed E-state index contributed by atoms with van der Waals surface area (Å²) in [6.45, 7) is 7.65. The Bertz CT molecular complexity index is 1870. The fourth-order valence-electron chi connectivity index (χ4n) is 4.48. The minimum absolute atomic E-state index is 0.0189. The molecule has 2 heterocycles. The van der Waals surface area contributed by atoms with Gasteiger partial charge in [0, 0.05) is 5.56 Å². The van der Waals surface area contributed by atoms with Crippen molar-refractivity contribution in [3.05, 3.63) is 128 Å². The number of allylic oxidation sites excluding steroid dienone is 1. The maximum Gasteiger partial charge on any atom is 0.338 e. The molecule has 0 bridgehead atoms. The highest BCUT2D eigenvalue weighted by molar-refractivity contribution is 7.07. The van der Waals surface area contributed by atoms with E-state index < -0.39 is 12.0 Å². The van der Waals surface area contributed by atoms with Crippen molar-refractivity contribution in [1.29, 1.82) is 0 Å². The van der Waals surface area contributed by atoms with Gasteiger partial charge >= 0.3 is 5.97 Å². The smallest absolute Gasteiger partial charge is 0.338 e. The molecule has 4 aromatic rings. The van der Waals surface area contributed by atoms with Gasteiger partial charge in [-0.05, 0) is 68.0 Å². The minimum Gasteiger partial charge on any atom is -0.507 e. The molecule has 10 heteroatoms. The molecular formula is C32H28N4O5S. The van der Waals surface area contributed by atoms with Crippen molar-refractivity contribution in [3.8, 4) is 11.5 Å². The molecule has 1 aliphatic rings. The molecule has 0 unspecified atom stereocenters. The Hall–Kier alpha value is -5.09. The van der Waals surface area contributed by atoms with E-state index in [1.807, 2.05) is 42.5 Å². The van der Waals surface area contributed by atoms with E-state index in [9.17, 15) is 14.7 Å². The van der Waals surface area contributed by atoms with Crippen LogP contribution in [-0.2, 0) is 9.53 Å². The van der Waals surface area contributed by atoms with Crippen molar-refractivity contribution in [2.45, 2.75) is 19.9 Å². The Morgan fingerprint density at radius 3 is 2.55 bits per heavy atom. The predicted octanol–water partition coefficient (Wildman–Crippen LogP) is 5.48. The highest BCUT2D eigenvalue weighted by atomic mass is 32.1. The van der Waals surface area contributed by atoms with Crippen molar-refractivity contribution in [3.63, 3.8) is 0 Å². The van der Waals surface area contributed by atoms with Crippen LogP contribution in [0.3, 0.4) is 0 Å². The number of azo groups is 1. The van der Waals surface area contributed by atoms with Gasteiger partial charge in [0.25, 0.3) is 5.56 Å². The zero-order chi connectivity index (χ0) is 29.6. The van der Waals surface area contributed by atoms with Gasteiger partial charge in [-0.3, -0.25) is 9.36 Å². The zero-order valence-electron chi connectivity index (χ0n) is 23.1. The number of hydrogen-bond donors (Lipinski definition) is 1. The Kier molecular flexibility index (Phi) is 8.54. The van der Waals surface area contributed by atoms with E-state index in [0.717, 1.165) is 0 Å². The summed E-state index contributed by atoms with van der Waals surface area (Å²) in [6, 6.07) is 20.5. The average molecular weight is 581 g/mol. The number of fused-ring (bicyclic) bond motifs is 1. The topological polar surface area (TPSA) is 115 Å². The molecule has 5 rings (SSSR count). The molecule has 9 nitrogen and oxygen atoms in total. The van der Waals surface area contributed by atoms with Crippen molar-refractivity contribution in [1.82, 2.24) is 4.57 Å². The number of hydrogen-bond acceptors (Lipinski definition) is 9. The molecular weight excluding hydrogens is 552 g/mol. The van der Waals surface area contributed by atoms with Gasteiger partial charge < -0.3 is 14.6 Å². The molecule has 0 saturated carbocycles. The number of aromatic hydroxyl groups is 1. The van der Waals surface area contributed by atoms with Crippen LogP contribution >= 0.6 is 11.3 Å². The maximum atomic E-state index is 13.9. The van der Waals surface area contributed by atoms with Crippen molar-refractivity contribution >= 4 is 34.8 Å². The summed E-state index contributed by atoms with van der Waals surface area (Å²) in [7, 11) is 0. The number of phenols is 1. The van der Waals surface area contributed by atoms with E-state index in [2.05, 4.69) is 21.8 Å². The number of esters is 1. The van der Waals surface area contributed by atoms with Gasteiger partial charge in [-0.1, -0.05) is 54.3 Å². The fraction of sp³-hybridized carbons (Fsp3) is 0.156. The van der Waals surface area contributed by atoms with Gasteiger partial charge in [-0.15, -0.1) is 0 Å². The second kappa shape index (κ2) is 12.6. The summed E-state index contributed by atoms with van der Waals surface area (Å²) in [6.07, 6.45) is 3.24. The largest absolute Gasteiger partial charge is 0.507 e. The van der Waals surface area contributed by atoms with Gasteiger partial charge in [-0.25, -0.2) is 9.79 Å². The lowest BCUT2D eigenvalue weighted by molar-refractivity contribution is -0.139. The maximum absolute atomic E-state index is 13.9. The first-order chi connectivity index (χ1) is 20.4. The first kappa shape index (κ1) is 28.4. The van der Waals surface area contributed by atoms with Crippen LogP contribution in [0.25, 0.3) is 6.08 Å². The normalized spacial score (nSPS) is 14.9. The summed E-state index contributed by atoms with van der Waals surface area (Å²) in [5.74, 6) is 0.0675. The highest BCUT2D eigenvalue weighted by Gasteiger charge is 2.33. The Morgan fingerprint density at radius 2 is 1.83 bits per heavy atom. The van der Waals surface area contributed by atoms with Crippen LogP contribution in [0.4, 0.5) is 11.4 Å². The lowest BCUT2D eigenvalue weighted by Crippen LogP contribution is -2.39. The number of carbonyl (C=O) groups excluding carboxylic acids is 1. The molecule has 1 N–H and O–H groups in total. The van der Waals surface area contributed by atoms with Crippen LogP contribution in [-0.4, -0.2) is 28.9 Å². The number of thiazole rings is 1. The number of benzene rings is 3. The lowest BCUT2D eigenvalue weighted by atomic mass is 9.96. The summed E-state index contributed by atoms with van der Waals surface area (Å²) in [4.78, 5) is 32.0. The van der Waals surface area contributed by atoms with E-state index in [1.54, 1.807) is 50.3 Å². The second-order valence-electron chi connectivity index (χ2n) is 9.25. The van der Waals surface area contributed by atoms with E-state index in [0.29, 0.717) is 49.9 Å². The van der Waals surface area contributed by atoms with Gasteiger partial charge in [0.1, 0.15) is 18.1 Å². The van der Waals surface area contributed by atoms with E-state index in [-0.39, 0.29) is 23.5 Å². The minimum atomic E-state index is -0.768. The van der Waals surface area contributed by atoms with Gasteiger partial charge in [0.05, 0.1) is 39.8 Å². The molecule has 0 spiro atoms. The van der Waals surface area contributed by atoms with Crippen molar-refractivity contribution in [2.24, 2.45) is 15.2 Å². The highest BCUT2D eigenvalue weighted by Crippen LogP contribution is 2.32. The summed E-state index contributed by atoms with van der Waals surface area (Å²) >= 11 is 1.17. The van der Waals surface area contributed by atoms with E-state index in [4.69, 9.17) is 9.47 Å². The molecule has 3 aromatic carbocycles. The molecule has 0 aliphatic carbocycles. The van der Waals surface area contributed by atoms with Crippen LogP contribution in [0.1, 0.15) is 31.0 Å². The summed E-state index contributed by atoms with van der Waals surface area (Å²) in [5.41, 5.74) is 2.66. The van der Waals surface area contributed by atoms with Crippen LogP contribution in [0, 0.1) is 0 Å². The van der Waals surface area contributed by atoms with E-state index >= 15 is 0 Å². The van der Waals surface area contributed by atoms with Gasteiger partial charge in [0.2, 0.25) is 0 Å². The third kappa shape index (κ3) is 5.98. The molecule has 0 amide bonds. The number of rotatable bonds is 9. The van der Waals surface area contributed by atoms with Crippen LogP contribution < -0.4 is 19.6 Å². The zero-order valence-corrected chi connectivity index (χ0v) is 23.9. The molecule has 0 radical (unpaired) electrons. The van der Waals surface area contributed by atoms with E-state index in [1.165, 1.54) is 22.0 Å². The Morgan fingerprint density at radius 1 is 1.10 bits per heavy atom. The second-order valence-corrected chi connectivity index (χ2v) is 10.3. The SMILES string of the molecule is C=CCOc1ccc([C@@H]2C(C(=O)OCC)=C(C)N=c3s/c(=C\c4cc(N=Nc5ccccc5)ccc4O)c(=O)n32)cc1. The molecule has 212 valence electrons. The first-order valence-electron chi connectivity index (χ1n) is 13.2. The fourth-order valence-corrected chi connectivity index (χ4v) is 5.52. The number of ether oxygens (including phenoxy) is 2. The third-order valence-electron chi connectivity index (χ3n) is 6.42. The predicted molar refractivity (Wildman–Crippen MR) is 161 cm³/mol. The molecule has 42 heavy (non-hydrogen) atoms. The quantitative estimate of drug-likeness (QED) is 0.160. The van der Waals surface area contributed by atoms with Crippen LogP contribution in [0.5, 0.6) is 11.5 Å².